The fourth-order valence-corrected chi connectivity index (χ4v) is 2.45. The minimum absolute atomic E-state index is 0.313. The van der Waals surface area contributed by atoms with E-state index >= 15 is 0 Å². The average Bonchev–Trinajstić information content (AvgIpc) is 2.37. The van der Waals surface area contributed by atoms with Crippen LogP contribution in [0.15, 0.2) is 0 Å². The lowest BCUT2D eigenvalue weighted by molar-refractivity contribution is 0.114. The summed E-state index contributed by atoms with van der Waals surface area (Å²) >= 11 is 0. The molecule has 20 heavy (non-hydrogen) atoms. The number of hydrogen-bond donors (Lipinski definition) is 2. The van der Waals surface area contributed by atoms with Crippen molar-refractivity contribution in [1.82, 2.24) is 14.3 Å². The molecule has 0 saturated carbocycles. The molecule has 0 bridgehead atoms. The first-order chi connectivity index (χ1) is 9.40. The minimum Gasteiger partial charge on any atom is -0.380 e. The molecule has 2 N–H and O–H groups in total. The van der Waals surface area contributed by atoms with Crippen molar-refractivity contribution in [1.29, 1.82) is 0 Å². The Morgan fingerprint density at radius 1 is 1.20 bits per heavy atom. The summed E-state index contributed by atoms with van der Waals surface area (Å²) in [4.78, 5) is 0. The van der Waals surface area contributed by atoms with Crippen molar-refractivity contribution in [3.8, 4) is 0 Å². The van der Waals surface area contributed by atoms with E-state index in [1.54, 1.807) is 7.05 Å². The van der Waals surface area contributed by atoms with Crippen molar-refractivity contribution in [2.45, 2.75) is 33.6 Å². The minimum atomic E-state index is -3.38. The number of nitrogens with zero attached hydrogens (tertiary/aromatic N) is 1. The Morgan fingerprint density at radius 3 is 2.50 bits per heavy atom. The molecule has 0 unspecified atom stereocenters. The predicted octanol–water partition coefficient (Wildman–Crippen LogP) is 0.815. The van der Waals surface area contributed by atoms with Crippen LogP contribution in [0.1, 0.15) is 33.6 Å². The van der Waals surface area contributed by atoms with Crippen molar-refractivity contribution in [3.05, 3.63) is 0 Å². The maximum absolute atomic E-state index is 11.9. The van der Waals surface area contributed by atoms with E-state index in [1.807, 2.05) is 0 Å². The zero-order chi connectivity index (χ0) is 15.4. The Labute approximate surface area is 124 Å². The van der Waals surface area contributed by atoms with Crippen LogP contribution in [0.5, 0.6) is 0 Å². The first kappa shape index (κ1) is 19.8. The molecule has 0 aliphatic rings. The molecule has 7 heteroatoms. The summed E-state index contributed by atoms with van der Waals surface area (Å²) in [6, 6.07) is 0. The molecule has 6 nitrogen and oxygen atoms in total. The van der Waals surface area contributed by atoms with E-state index in [4.69, 9.17) is 4.74 Å². The Kier molecular flexibility index (Phi) is 11.3. The highest BCUT2D eigenvalue weighted by molar-refractivity contribution is 7.87. The average molecular weight is 309 g/mol. The summed E-state index contributed by atoms with van der Waals surface area (Å²) in [7, 11) is -1.78. The molecule has 0 aliphatic carbocycles. The quantitative estimate of drug-likeness (QED) is 0.494. The number of rotatable bonds is 13. The van der Waals surface area contributed by atoms with Gasteiger partial charge in [0.25, 0.3) is 10.2 Å². The molecule has 0 aromatic rings. The second kappa shape index (κ2) is 11.4. The van der Waals surface area contributed by atoms with Gasteiger partial charge in [-0.1, -0.05) is 20.8 Å². The second-order valence-corrected chi connectivity index (χ2v) is 7.16. The molecule has 0 fully saturated rings. The van der Waals surface area contributed by atoms with Crippen LogP contribution in [0.25, 0.3) is 0 Å². The van der Waals surface area contributed by atoms with E-state index in [0.717, 1.165) is 25.9 Å². The SMILES string of the molecule is CCCNCCCN(C)S(=O)(=O)NCCOCC(C)C. The maximum atomic E-state index is 11.9. The zero-order valence-electron chi connectivity index (χ0n) is 13.3. The third-order valence-corrected chi connectivity index (χ3v) is 4.22. The van der Waals surface area contributed by atoms with Crippen LogP contribution in [0.4, 0.5) is 0 Å². The van der Waals surface area contributed by atoms with Crippen molar-refractivity contribution in [2.75, 3.05) is 46.4 Å². The van der Waals surface area contributed by atoms with Crippen LogP contribution in [-0.4, -0.2) is 59.2 Å². The molecule has 0 aliphatic heterocycles. The van der Waals surface area contributed by atoms with Crippen molar-refractivity contribution >= 4 is 10.2 Å². The van der Waals surface area contributed by atoms with E-state index in [1.165, 1.54) is 4.31 Å². The van der Waals surface area contributed by atoms with Gasteiger partial charge >= 0.3 is 0 Å². The fourth-order valence-electron chi connectivity index (χ4n) is 1.52. The zero-order valence-corrected chi connectivity index (χ0v) is 14.1. The lowest BCUT2D eigenvalue weighted by atomic mass is 10.2. The van der Waals surface area contributed by atoms with Gasteiger partial charge in [0.15, 0.2) is 0 Å². The van der Waals surface area contributed by atoms with Gasteiger partial charge in [-0.2, -0.15) is 17.4 Å². The van der Waals surface area contributed by atoms with Crippen molar-refractivity contribution in [3.63, 3.8) is 0 Å². The van der Waals surface area contributed by atoms with Crippen LogP contribution in [0.2, 0.25) is 0 Å². The Bertz CT molecular complexity index is 321. The van der Waals surface area contributed by atoms with E-state index < -0.39 is 10.2 Å². The molecule has 0 radical (unpaired) electrons. The largest absolute Gasteiger partial charge is 0.380 e. The van der Waals surface area contributed by atoms with Gasteiger partial charge < -0.3 is 10.1 Å². The van der Waals surface area contributed by atoms with Gasteiger partial charge in [0.2, 0.25) is 0 Å². The topological polar surface area (TPSA) is 70.7 Å². The van der Waals surface area contributed by atoms with Gasteiger partial charge in [0.1, 0.15) is 0 Å². The van der Waals surface area contributed by atoms with Crippen LogP contribution in [0.3, 0.4) is 0 Å². The smallest absolute Gasteiger partial charge is 0.279 e. The summed E-state index contributed by atoms with van der Waals surface area (Å²) < 4.78 is 33.0. The third kappa shape index (κ3) is 10.6. The highest BCUT2D eigenvalue weighted by Crippen LogP contribution is 1.96. The van der Waals surface area contributed by atoms with Gasteiger partial charge in [-0.25, -0.2) is 0 Å². The molecule has 0 rings (SSSR count). The van der Waals surface area contributed by atoms with Gasteiger partial charge in [0.05, 0.1) is 6.61 Å². The lowest BCUT2D eigenvalue weighted by Crippen LogP contribution is -2.40. The van der Waals surface area contributed by atoms with E-state index in [2.05, 4.69) is 30.8 Å². The number of hydrogen-bond acceptors (Lipinski definition) is 4. The van der Waals surface area contributed by atoms with Crippen molar-refractivity contribution < 1.29 is 13.2 Å². The first-order valence-electron chi connectivity index (χ1n) is 7.39. The third-order valence-electron chi connectivity index (χ3n) is 2.65. The van der Waals surface area contributed by atoms with Gasteiger partial charge in [0, 0.05) is 26.7 Å². The van der Waals surface area contributed by atoms with Gasteiger partial charge in [-0.05, 0) is 31.8 Å². The molecule has 0 atom stereocenters. The van der Waals surface area contributed by atoms with Crippen LogP contribution in [0, 0.1) is 5.92 Å². The van der Waals surface area contributed by atoms with E-state index in [-0.39, 0.29) is 0 Å². The Morgan fingerprint density at radius 2 is 1.90 bits per heavy atom. The molecular weight excluding hydrogens is 278 g/mol. The van der Waals surface area contributed by atoms with Gasteiger partial charge in [-0.15, -0.1) is 0 Å². The molecular formula is C13H31N3O3S. The molecule has 0 heterocycles. The number of ether oxygens (including phenoxy) is 1. The highest BCUT2D eigenvalue weighted by atomic mass is 32.2. The van der Waals surface area contributed by atoms with Crippen LogP contribution in [-0.2, 0) is 14.9 Å². The molecule has 0 aromatic heterocycles. The van der Waals surface area contributed by atoms with Crippen LogP contribution < -0.4 is 10.0 Å². The highest BCUT2D eigenvalue weighted by Gasteiger charge is 2.15. The van der Waals surface area contributed by atoms with Crippen LogP contribution >= 0.6 is 0 Å². The first-order valence-corrected chi connectivity index (χ1v) is 8.83. The Hall–Kier alpha value is -0.210. The molecule has 0 aromatic carbocycles. The van der Waals surface area contributed by atoms with Gasteiger partial charge in [-0.3, -0.25) is 0 Å². The fraction of sp³-hybridized carbons (Fsp3) is 1.00. The summed E-state index contributed by atoms with van der Waals surface area (Å²) in [5.74, 6) is 0.463. The Balaban J connectivity index is 3.74. The monoisotopic (exact) mass is 309 g/mol. The number of nitrogens with one attached hydrogen (secondary N) is 2. The molecule has 0 saturated heterocycles. The van der Waals surface area contributed by atoms with E-state index in [9.17, 15) is 8.42 Å². The lowest BCUT2D eigenvalue weighted by Gasteiger charge is -2.18. The predicted molar refractivity (Wildman–Crippen MR) is 83.0 cm³/mol. The molecule has 122 valence electrons. The molecule has 0 amide bonds. The standard InChI is InChI=1S/C13H31N3O3S/c1-5-7-14-8-6-10-16(4)20(17,18)15-9-11-19-12-13(2)3/h13-15H,5-12H2,1-4H3. The normalized spacial score (nSPS) is 12.5. The molecule has 0 spiro atoms. The summed E-state index contributed by atoms with van der Waals surface area (Å²) in [6.45, 7) is 9.92. The van der Waals surface area contributed by atoms with E-state index in [0.29, 0.717) is 32.2 Å². The summed E-state index contributed by atoms with van der Waals surface area (Å²) in [5.41, 5.74) is 0. The van der Waals surface area contributed by atoms with Crippen molar-refractivity contribution in [2.24, 2.45) is 5.92 Å². The maximum Gasteiger partial charge on any atom is 0.279 e. The second-order valence-electron chi connectivity index (χ2n) is 5.29. The summed E-state index contributed by atoms with van der Waals surface area (Å²) in [5, 5.41) is 3.25. The summed E-state index contributed by atoms with van der Waals surface area (Å²) in [6.07, 6.45) is 1.90.